The highest BCUT2D eigenvalue weighted by Crippen LogP contribution is 2.64. The van der Waals surface area contributed by atoms with Crippen molar-refractivity contribution in [2.75, 3.05) is 0 Å². The standard InChI is InChI=1S/C24H40O.C2H6/c1-3-4-5-6-7-18-9-13-23-22-11-8-17-16-19(25)10-12-20(17)21(22)14-15-24(18,23)2;1-2/h8,18-23,25H,3-7,9-16H2,1-2H3;1-2H3. The molecule has 4 aliphatic rings. The van der Waals surface area contributed by atoms with E-state index in [2.05, 4.69) is 19.9 Å². The summed E-state index contributed by atoms with van der Waals surface area (Å²) in [6.07, 6.45) is 20.3. The molecule has 7 unspecified atom stereocenters. The van der Waals surface area contributed by atoms with Crippen molar-refractivity contribution < 1.29 is 5.11 Å². The van der Waals surface area contributed by atoms with Crippen molar-refractivity contribution in [2.24, 2.45) is 35.0 Å². The van der Waals surface area contributed by atoms with Gasteiger partial charge >= 0.3 is 0 Å². The van der Waals surface area contributed by atoms with E-state index in [9.17, 15) is 5.11 Å². The smallest absolute Gasteiger partial charge is 0.0577 e. The Morgan fingerprint density at radius 2 is 1.81 bits per heavy atom. The van der Waals surface area contributed by atoms with Crippen LogP contribution in [0.1, 0.15) is 111 Å². The average molecular weight is 375 g/mol. The molecule has 156 valence electrons. The number of hydrogen-bond donors (Lipinski definition) is 1. The van der Waals surface area contributed by atoms with E-state index in [1.165, 1.54) is 70.6 Å². The van der Waals surface area contributed by atoms with Gasteiger partial charge in [-0.2, -0.15) is 0 Å². The van der Waals surface area contributed by atoms with E-state index in [4.69, 9.17) is 0 Å². The SMILES string of the molecule is CC.CCCCCCC1CCC2C3CC=C4CC(O)CCC4C3CCC12C. The summed E-state index contributed by atoms with van der Waals surface area (Å²) in [4.78, 5) is 0. The predicted octanol–water partition coefficient (Wildman–Crippen LogP) is 7.53. The number of fused-ring (bicyclic) bond motifs is 5. The lowest BCUT2D eigenvalue weighted by atomic mass is 9.51. The second-order valence-electron chi connectivity index (χ2n) is 10.2. The van der Waals surface area contributed by atoms with Gasteiger partial charge in [-0.1, -0.05) is 65.0 Å². The van der Waals surface area contributed by atoms with Crippen LogP contribution in [0.3, 0.4) is 0 Å². The first-order valence-corrected chi connectivity index (χ1v) is 12.5. The molecular weight excluding hydrogens is 328 g/mol. The van der Waals surface area contributed by atoms with Gasteiger partial charge in [-0.25, -0.2) is 0 Å². The number of unbranched alkanes of at least 4 members (excludes halogenated alkanes) is 3. The van der Waals surface area contributed by atoms with Crippen molar-refractivity contribution in [3.05, 3.63) is 11.6 Å². The molecule has 1 heteroatoms. The first kappa shape index (κ1) is 21.4. The quantitative estimate of drug-likeness (QED) is 0.389. The Balaban J connectivity index is 0.00000102. The van der Waals surface area contributed by atoms with Crippen LogP contribution in [0.25, 0.3) is 0 Å². The van der Waals surface area contributed by atoms with Crippen molar-refractivity contribution in [3.63, 3.8) is 0 Å². The Kier molecular flexibility index (Phi) is 7.51. The molecule has 4 aliphatic carbocycles. The van der Waals surface area contributed by atoms with E-state index >= 15 is 0 Å². The van der Waals surface area contributed by atoms with Gasteiger partial charge in [-0.15, -0.1) is 0 Å². The zero-order valence-electron chi connectivity index (χ0n) is 18.7. The summed E-state index contributed by atoms with van der Waals surface area (Å²) in [7, 11) is 0. The average Bonchev–Trinajstić information content (AvgIpc) is 3.03. The second-order valence-corrected chi connectivity index (χ2v) is 10.2. The van der Waals surface area contributed by atoms with Gasteiger partial charge in [0.2, 0.25) is 0 Å². The molecule has 0 heterocycles. The third kappa shape index (κ3) is 4.19. The first-order valence-electron chi connectivity index (χ1n) is 12.5. The molecule has 0 aliphatic heterocycles. The van der Waals surface area contributed by atoms with Crippen LogP contribution in [-0.4, -0.2) is 11.2 Å². The summed E-state index contributed by atoms with van der Waals surface area (Å²) >= 11 is 0. The topological polar surface area (TPSA) is 20.2 Å². The van der Waals surface area contributed by atoms with E-state index in [1.807, 2.05) is 13.8 Å². The minimum Gasteiger partial charge on any atom is -0.393 e. The largest absolute Gasteiger partial charge is 0.393 e. The van der Waals surface area contributed by atoms with Crippen LogP contribution < -0.4 is 0 Å². The van der Waals surface area contributed by atoms with Crippen molar-refractivity contribution in [2.45, 2.75) is 117 Å². The fourth-order valence-electron chi connectivity index (χ4n) is 7.65. The molecule has 7 atom stereocenters. The zero-order chi connectivity index (χ0) is 19.4. The third-order valence-electron chi connectivity index (χ3n) is 9.02. The van der Waals surface area contributed by atoms with Crippen molar-refractivity contribution in [1.29, 1.82) is 0 Å². The summed E-state index contributed by atoms with van der Waals surface area (Å²) in [5.74, 6) is 4.74. The minimum atomic E-state index is -0.0492. The Morgan fingerprint density at radius 3 is 2.59 bits per heavy atom. The normalized spacial score (nSPS) is 42.9. The predicted molar refractivity (Wildman–Crippen MR) is 117 cm³/mol. The molecule has 3 saturated carbocycles. The van der Waals surface area contributed by atoms with Crippen LogP contribution >= 0.6 is 0 Å². The molecule has 1 nitrogen and oxygen atoms in total. The van der Waals surface area contributed by atoms with E-state index in [0.717, 1.165) is 42.4 Å². The monoisotopic (exact) mass is 374 g/mol. The highest BCUT2D eigenvalue weighted by molar-refractivity contribution is 5.20. The fourth-order valence-corrected chi connectivity index (χ4v) is 7.65. The molecular formula is C26H46O. The molecule has 0 saturated heterocycles. The summed E-state index contributed by atoms with van der Waals surface area (Å²) in [5.41, 5.74) is 2.28. The molecule has 0 aromatic carbocycles. The number of allylic oxidation sites excluding steroid dienone is 1. The highest BCUT2D eigenvalue weighted by Gasteiger charge is 2.55. The highest BCUT2D eigenvalue weighted by atomic mass is 16.3. The molecule has 0 spiro atoms. The van der Waals surface area contributed by atoms with E-state index in [1.54, 1.807) is 5.57 Å². The molecule has 0 amide bonds. The minimum absolute atomic E-state index is 0.0492. The van der Waals surface area contributed by atoms with Gasteiger partial charge in [-0.3, -0.25) is 0 Å². The van der Waals surface area contributed by atoms with Crippen molar-refractivity contribution in [3.8, 4) is 0 Å². The number of hydrogen-bond acceptors (Lipinski definition) is 1. The summed E-state index contributed by atoms with van der Waals surface area (Å²) in [6.45, 7) is 9.00. The van der Waals surface area contributed by atoms with Gasteiger partial charge in [0.05, 0.1) is 6.10 Å². The van der Waals surface area contributed by atoms with Crippen LogP contribution in [-0.2, 0) is 0 Å². The Bertz CT molecular complexity index is 494. The molecule has 0 aromatic rings. The van der Waals surface area contributed by atoms with Gasteiger partial charge in [0, 0.05) is 0 Å². The Labute approximate surface area is 169 Å². The Hall–Kier alpha value is -0.300. The maximum atomic E-state index is 10.0. The van der Waals surface area contributed by atoms with E-state index in [0.29, 0.717) is 5.41 Å². The van der Waals surface area contributed by atoms with Crippen molar-refractivity contribution in [1.82, 2.24) is 0 Å². The maximum Gasteiger partial charge on any atom is 0.0577 e. The van der Waals surface area contributed by atoms with Gasteiger partial charge in [0.25, 0.3) is 0 Å². The van der Waals surface area contributed by atoms with Gasteiger partial charge in [-0.05, 0) is 92.8 Å². The zero-order valence-corrected chi connectivity index (χ0v) is 18.7. The number of aliphatic hydroxyl groups excluding tert-OH is 1. The molecule has 4 rings (SSSR count). The van der Waals surface area contributed by atoms with Crippen LogP contribution in [0.5, 0.6) is 0 Å². The van der Waals surface area contributed by atoms with E-state index < -0.39 is 0 Å². The number of aliphatic hydroxyl groups is 1. The van der Waals surface area contributed by atoms with Crippen molar-refractivity contribution >= 4 is 0 Å². The molecule has 0 bridgehead atoms. The molecule has 3 fully saturated rings. The van der Waals surface area contributed by atoms with Crippen LogP contribution in [0, 0.1) is 35.0 Å². The molecule has 0 aromatic heterocycles. The van der Waals surface area contributed by atoms with Crippen LogP contribution in [0.4, 0.5) is 0 Å². The molecule has 0 radical (unpaired) electrons. The first-order chi connectivity index (χ1) is 13.1. The van der Waals surface area contributed by atoms with E-state index in [-0.39, 0.29) is 6.10 Å². The second kappa shape index (κ2) is 9.47. The number of rotatable bonds is 5. The summed E-state index contributed by atoms with van der Waals surface area (Å²) in [6, 6.07) is 0. The summed E-state index contributed by atoms with van der Waals surface area (Å²) in [5, 5.41) is 10.0. The lowest BCUT2D eigenvalue weighted by Gasteiger charge is -2.54. The fraction of sp³-hybridized carbons (Fsp3) is 0.923. The van der Waals surface area contributed by atoms with Gasteiger partial charge < -0.3 is 5.11 Å². The Morgan fingerprint density at radius 1 is 1.00 bits per heavy atom. The summed E-state index contributed by atoms with van der Waals surface area (Å²) < 4.78 is 0. The lowest BCUT2D eigenvalue weighted by Crippen LogP contribution is -2.46. The lowest BCUT2D eigenvalue weighted by molar-refractivity contribution is -0.0200. The maximum absolute atomic E-state index is 10.0. The van der Waals surface area contributed by atoms with Crippen LogP contribution in [0.2, 0.25) is 0 Å². The third-order valence-corrected chi connectivity index (χ3v) is 9.02. The van der Waals surface area contributed by atoms with Gasteiger partial charge in [0.15, 0.2) is 0 Å². The van der Waals surface area contributed by atoms with Gasteiger partial charge in [0.1, 0.15) is 0 Å². The molecule has 1 N–H and O–H groups in total. The van der Waals surface area contributed by atoms with Crippen LogP contribution in [0.15, 0.2) is 11.6 Å². The molecule has 27 heavy (non-hydrogen) atoms.